The van der Waals surface area contributed by atoms with Gasteiger partial charge in [-0.05, 0) is 36.8 Å². The third-order valence-corrected chi connectivity index (χ3v) is 2.93. The lowest BCUT2D eigenvalue weighted by Gasteiger charge is -2.12. The summed E-state index contributed by atoms with van der Waals surface area (Å²) in [6.07, 6.45) is 0. The van der Waals surface area contributed by atoms with Crippen LogP contribution in [0.15, 0.2) is 42.5 Å². The van der Waals surface area contributed by atoms with E-state index < -0.39 is 11.8 Å². The molecule has 21 heavy (non-hydrogen) atoms. The summed E-state index contributed by atoms with van der Waals surface area (Å²) in [5, 5.41) is 11.9. The minimum atomic E-state index is -1.27. The first-order chi connectivity index (χ1) is 10.1. The third kappa shape index (κ3) is 3.72. The molecule has 2 rings (SSSR count). The molecule has 0 aliphatic rings. The van der Waals surface area contributed by atoms with Gasteiger partial charge in [-0.15, -0.1) is 0 Å². The predicted molar refractivity (Wildman–Crippen MR) is 78.3 cm³/mol. The Bertz CT molecular complexity index is 643. The second-order valence-electron chi connectivity index (χ2n) is 4.40. The normalized spacial score (nSPS) is 10.2. The standard InChI is InChI=1S/C16H16FNO3/c1-2-21-15-6-4-3-5-14(15)18-10-11-7-8-12(16(19)20)13(17)9-11/h3-9,18H,2,10H2,1H3,(H,19,20). The van der Waals surface area contributed by atoms with Crippen LogP contribution in [0, 0.1) is 5.82 Å². The molecule has 4 nitrogen and oxygen atoms in total. The van der Waals surface area contributed by atoms with E-state index >= 15 is 0 Å². The van der Waals surface area contributed by atoms with Crippen molar-refractivity contribution in [2.45, 2.75) is 13.5 Å². The number of carboxylic acid groups (broad SMARTS) is 1. The summed E-state index contributed by atoms with van der Waals surface area (Å²) in [5.41, 5.74) is 1.14. The van der Waals surface area contributed by atoms with Crippen LogP contribution in [0.25, 0.3) is 0 Å². The Morgan fingerprint density at radius 1 is 1.29 bits per heavy atom. The highest BCUT2D eigenvalue weighted by molar-refractivity contribution is 5.87. The van der Waals surface area contributed by atoms with Crippen molar-refractivity contribution in [2.75, 3.05) is 11.9 Å². The van der Waals surface area contributed by atoms with E-state index in [1.54, 1.807) is 6.07 Å². The van der Waals surface area contributed by atoms with E-state index in [1.807, 2.05) is 31.2 Å². The summed E-state index contributed by atoms with van der Waals surface area (Å²) in [6, 6.07) is 11.5. The number of carboxylic acids is 1. The fourth-order valence-corrected chi connectivity index (χ4v) is 1.93. The molecule has 0 unspecified atom stereocenters. The minimum absolute atomic E-state index is 0.325. The zero-order valence-corrected chi connectivity index (χ0v) is 11.6. The van der Waals surface area contributed by atoms with E-state index in [9.17, 15) is 9.18 Å². The van der Waals surface area contributed by atoms with Gasteiger partial charge >= 0.3 is 5.97 Å². The number of rotatable bonds is 6. The van der Waals surface area contributed by atoms with Crippen LogP contribution in [0.5, 0.6) is 5.75 Å². The van der Waals surface area contributed by atoms with Gasteiger partial charge in [0.1, 0.15) is 11.6 Å². The van der Waals surface area contributed by atoms with Crippen LogP contribution in [0.3, 0.4) is 0 Å². The third-order valence-electron chi connectivity index (χ3n) is 2.93. The molecule has 0 atom stereocenters. The van der Waals surface area contributed by atoms with Crippen LogP contribution in [-0.4, -0.2) is 17.7 Å². The number of benzene rings is 2. The number of ether oxygens (including phenoxy) is 1. The first-order valence-corrected chi connectivity index (χ1v) is 6.59. The Morgan fingerprint density at radius 2 is 2.05 bits per heavy atom. The zero-order valence-electron chi connectivity index (χ0n) is 11.6. The summed E-state index contributed by atoms with van der Waals surface area (Å²) >= 11 is 0. The quantitative estimate of drug-likeness (QED) is 0.854. The van der Waals surface area contributed by atoms with Crippen molar-refractivity contribution in [3.8, 4) is 5.75 Å². The van der Waals surface area contributed by atoms with Crippen LogP contribution >= 0.6 is 0 Å². The van der Waals surface area contributed by atoms with Crippen LogP contribution < -0.4 is 10.1 Å². The van der Waals surface area contributed by atoms with E-state index in [4.69, 9.17) is 9.84 Å². The molecule has 0 aromatic heterocycles. The molecule has 0 heterocycles. The molecular formula is C16H16FNO3. The number of anilines is 1. The monoisotopic (exact) mass is 289 g/mol. The lowest BCUT2D eigenvalue weighted by atomic mass is 10.1. The maximum Gasteiger partial charge on any atom is 0.338 e. The fourth-order valence-electron chi connectivity index (χ4n) is 1.93. The second kappa shape index (κ2) is 6.74. The SMILES string of the molecule is CCOc1ccccc1NCc1ccc(C(=O)O)c(F)c1. The Hall–Kier alpha value is -2.56. The van der Waals surface area contributed by atoms with Gasteiger partial charge in [0.15, 0.2) is 0 Å². The molecule has 5 heteroatoms. The molecule has 0 spiro atoms. The number of nitrogens with one attached hydrogen (secondary N) is 1. The number of hydrogen-bond donors (Lipinski definition) is 2. The largest absolute Gasteiger partial charge is 0.492 e. The second-order valence-corrected chi connectivity index (χ2v) is 4.40. The molecule has 0 aliphatic heterocycles. The zero-order chi connectivity index (χ0) is 15.2. The van der Waals surface area contributed by atoms with E-state index in [1.165, 1.54) is 12.1 Å². The fraction of sp³-hybridized carbons (Fsp3) is 0.188. The molecule has 2 aromatic carbocycles. The van der Waals surface area contributed by atoms with Crippen LogP contribution in [0.4, 0.5) is 10.1 Å². The summed E-state index contributed by atoms with van der Waals surface area (Å²) in [6.45, 7) is 2.83. The lowest BCUT2D eigenvalue weighted by Crippen LogP contribution is -2.05. The van der Waals surface area contributed by atoms with Crippen molar-refractivity contribution in [2.24, 2.45) is 0 Å². The highest BCUT2D eigenvalue weighted by Crippen LogP contribution is 2.24. The summed E-state index contributed by atoms with van der Waals surface area (Å²) in [7, 11) is 0. The topological polar surface area (TPSA) is 58.6 Å². The Balaban J connectivity index is 2.10. The van der Waals surface area contributed by atoms with E-state index in [2.05, 4.69) is 5.32 Å². The van der Waals surface area contributed by atoms with Crippen molar-refractivity contribution >= 4 is 11.7 Å². The summed E-state index contributed by atoms with van der Waals surface area (Å²) in [4.78, 5) is 10.8. The minimum Gasteiger partial charge on any atom is -0.492 e. The van der Waals surface area contributed by atoms with E-state index in [-0.39, 0.29) is 5.56 Å². The number of para-hydroxylation sites is 2. The molecular weight excluding hydrogens is 273 g/mol. The molecule has 0 radical (unpaired) electrons. The van der Waals surface area contributed by atoms with Crippen molar-refractivity contribution < 1.29 is 19.0 Å². The van der Waals surface area contributed by atoms with Gasteiger partial charge in [-0.2, -0.15) is 0 Å². The van der Waals surface area contributed by atoms with Gasteiger partial charge in [0.05, 0.1) is 17.9 Å². The van der Waals surface area contributed by atoms with Crippen molar-refractivity contribution in [1.29, 1.82) is 0 Å². The smallest absolute Gasteiger partial charge is 0.338 e. The van der Waals surface area contributed by atoms with E-state index in [0.29, 0.717) is 18.7 Å². The van der Waals surface area contributed by atoms with Gasteiger partial charge in [0.25, 0.3) is 0 Å². The van der Waals surface area contributed by atoms with Crippen LogP contribution in [0.1, 0.15) is 22.8 Å². The predicted octanol–water partition coefficient (Wildman–Crippen LogP) is 3.53. The first-order valence-electron chi connectivity index (χ1n) is 6.59. The number of carbonyl (C=O) groups is 1. The molecule has 110 valence electrons. The maximum absolute atomic E-state index is 13.6. The average molecular weight is 289 g/mol. The van der Waals surface area contributed by atoms with Gasteiger partial charge in [-0.1, -0.05) is 18.2 Å². The lowest BCUT2D eigenvalue weighted by molar-refractivity contribution is 0.0692. The highest BCUT2D eigenvalue weighted by Gasteiger charge is 2.10. The van der Waals surface area contributed by atoms with Gasteiger partial charge in [0, 0.05) is 6.54 Å². The Kier molecular flexibility index (Phi) is 4.77. The molecule has 0 saturated heterocycles. The van der Waals surface area contributed by atoms with Crippen molar-refractivity contribution in [1.82, 2.24) is 0 Å². The number of aromatic carboxylic acids is 1. The van der Waals surface area contributed by atoms with Crippen molar-refractivity contribution in [3.05, 3.63) is 59.4 Å². The highest BCUT2D eigenvalue weighted by atomic mass is 19.1. The molecule has 0 saturated carbocycles. The van der Waals surface area contributed by atoms with Gasteiger partial charge in [-0.3, -0.25) is 0 Å². The summed E-state index contributed by atoms with van der Waals surface area (Å²) < 4.78 is 19.1. The molecule has 0 amide bonds. The Morgan fingerprint density at radius 3 is 2.71 bits per heavy atom. The van der Waals surface area contributed by atoms with E-state index in [0.717, 1.165) is 11.4 Å². The molecule has 0 bridgehead atoms. The molecule has 0 fully saturated rings. The molecule has 2 aromatic rings. The van der Waals surface area contributed by atoms with Gasteiger partial charge in [-0.25, -0.2) is 9.18 Å². The number of hydrogen-bond acceptors (Lipinski definition) is 3. The molecule has 0 aliphatic carbocycles. The van der Waals surface area contributed by atoms with Gasteiger partial charge in [0.2, 0.25) is 0 Å². The van der Waals surface area contributed by atoms with Crippen LogP contribution in [-0.2, 0) is 6.54 Å². The average Bonchev–Trinajstić information content (AvgIpc) is 2.46. The number of halogens is 1. The molecule has 2 N–H and O–H groups in total. The van der Waals surface area contributed by atoms with Crippen molar-refractivity contribution in [3.63, 3.8) is 0 Å². The van der Waals surface area contributed by atoms with Gasteiger partial charge < -0.3 is 15.2 Å². The summed E-state index contributed by atoms with van der Waals surface area (Å²) in [5.74, 6) is -1.28. The maximum atomic E-state index is 13.6. The first kappa shape index (κ1) is 14.8. The van der Waals surface area contributed by atoms with Crippen LogP contribution in [0.2, 0.25) is 0 Å². The Labute approximate surface area is 122 Å².